The van der Waals surface area contributed by atoms with Crippen LogP contribution in [0, 0.1) is 0 Å². The highest BCUT2D eigenvalue weighted by Crippen LogP contribution is 2.15. The molecule has 0 aliphatic rings. The van der Waals surface area contributed by atoms with Crippen molar-refractivity contribution in [2.45, 2.75) is 19.4 Å². The number of halogens is 1. The van der Waals surface area contributed by atoms with Gasteiger partial charge < -0.3 is 9.47 Å². The van der Waals surface area contributed by atoms with Crippen LogP contribution in [0.1, 0.15) is 18.4 Å². The molecule has 0 aliphatic carbocycles. The summed E-state index contributed by atoms with van der Waals surface area (Å²) in [6.07, 6.45) is 3.89. The molecule has 0 bridgehead atoms. The third-order valence-electron chi connectivity index (χ3n) is 1.99. The fourth-order valence-corrected chi connectivity index (χ4v) is 1.46. The Hall–Kier alpha value is -0.740. The number of aryl methyl sites for hydroxylation is 1. The molecule has 0 radical (unpaired) electrons. The van der Waals surface area contributed by atoms with Gasteiger partial charge in [0.25, 0.3) is 0 Å². The second-order valence-corrected chi connectivity index (χ2v) is 3.66. The first-order valence-corrected chi connectivity index (χ1v) is 5.51. The second-order valence-electron chi connectivity index (χ2n) is 3.29. The molecule has 0 amide bonds. The van der Waals surface area contributed by atoms with E-state index >= 15 is 0 Å². The topological polar surface area (TPSA) is 36.3 Å². The number of hydrogen-bond acceptors (Lipinski definition) is 3. The quantitative estimate of drug-likeness (QED) is 0.533. The minimum atomic E-state index is 0.541. The summed E-state index contributed by atoms with van der Waals surface area (Å²) in [5.74, 6) is 1.33. The predicted octanol–water partition coefficient (Wildman–Crippen LogP) is 1.96. The van der Waals surface area contributed by atoms with E-state index in [2.05, 4.69) is 5.10 Å². The van der Waals surface area contributed by atoms with Crippen LogP contribution in [-0.2, 0) is 18.4 Å². The number of methoxy groups -OCH3 is 1. The summed E-state index contributed by atoms with van der Waals surface area (Å²) in [7, 11) is 3.47. The van der Waals surface area contributed by atoms with Crippen LogP contribution in [0.2, 0.25) is 0 Å². The van der Waals surface area contributed by atoms with Crippen LogP contribution in [0.3, 0.4) is 0 Å². The van der Waals surface area contributed by atoms with Crippen molar-refractivity contribution in [1.29, 1.82) is 0 Å². The first-order valence-electron chi connectivity index (χ1n) is 4.98. The van der Waals surface area contributed by atoms with E-state index in [1.54, 1.807) is 11.8 Å². The summed E-state index contributed by atoms with van der Waals surface area (Å²) in [6.45, 7) is 1.27. The summed E-state index contributed by atoms with van der Waals surface area (Å²) in [4.78, 5) is 0. The van der Waals surface area contributed by atoms with Gasteiger partial charge in [-0.3, -0.25) is 4.68 Å². The third kappa shape index (κ3) is 4.10. The van der Waals surface area contributed by atoms with E-state index in [0.717, 1.165) is 25.0 Å². The zero-order valence-corrected chi connectivity index (χ0v) is 9.96. The Morgan fingerprint density at radius 3 is 2.93 bits per heavy atom. The maximum absolute atomic E-state index is 5.56. The fraction of sp³-hybridized carbons (Fsp3) is 0.700. The smallest absolute Gasteiger partial charge is 0.238 e. The first-order chi connectivity index (χ1) is 7.27. The molecule has 0 unspecified atom stereocenters. The van der Waals surface area contributed by atoms with Gasteiger partial charge in [0.05, 0.1) is 19.3 Å². The van der Waals surface area contributed by atoms with Crippen molar-refractivity contribution in [1.82, 2.24) is 9.78 Å². The normalized spacial score (nSPS) is 10.6. The van der Waals surface area contributed by atoms with Crippen LogP contribution < -0.4 is 4.74 Å². The van der Waals surface area contributed by atoms with E-state index in [0.29, 0.717) is 18.4 Å². The lowest BCUT2D eigenvalue weighted by Crippen LogP contribution is -1.97. The van der Waals surface area contributed by atoms with Crippen molar-refractivity contribution in [3.8, 4) is 5.88 Å². The fourth-order valence-electron chi connectivity index (χ4n) is 1.27. The molecule has 0 fully saturated rings. The van der Waals surface area contributed by atoms with Crippen LogP contribution >= 0.6 is 11.6 Å². The lowest BCUT2D eigenvalue weighted by Gasteiger charge is -2.02. The number of rotatable bonds is 7. The van der Waals surface area contributed by atoms with E-state index in [1.807, 2.05) is 13.2 Å². The average Bonchev–Trinajstić information content (AvgIpc) is 2.59. The van der Waals surface area contributed by atoms with Gasteiger partial charge in [0.1, 0.15) is 0 Å². The molecule has 86 valence electrons. The van der Waals surface area contributed by atoms with E-state index in [9.17, 15) is 0 Å². The average molecular weight is 233 g/mol. The second kappa shape index (κ2) is 6.69. The molecule has 0 saturated heterocycles. The van der Waals surface area contributed by atoms with E-state index in [-0.39, 0.29) is 0 Å². The van der Waals surface area contributed by atoms with Crippen LogP contribution in [0.4, 0.5) is 0 Å². The number of ether oxygens (including phenoxy) is 2. The van der Waals surface area contributed by atoms with Crippen molar-refractivity contribution in [3.63, 3.8) is 0 Å². The third-order valence-corrected chi connectivity index (χ3v) is 2.26. The molecule has 0 N–H and O–H groups in total. The zero-order chi connectivity index (χ0) is 11.1. The summed E-state index contributed by atoms with van der Waals surface area (Å²) in [5.41, 5.74) is 0.978. The van der Waals surface area contributed by atoms with Gasteiger partial charge in [-0.05, 0) is 12.8 Å². The van der Waals surface area contributed by atoms with Gasteiger partial charge in [-0.1, -0.05) is 0 Å². The Labute approximate surface area is 95.1 Å². The molecule has 0 spiro atoms. The largest absolute Gasteiger partial charge is 0.480 e. The summed E-state index contributed by atoms with van der Waals surface area (Å²) < 4.78 is 12.3. The van der Waals surface area contributed by atoms with Gasteiger partial charge in [0, 0.05) is 25.7 Å². The number of nitrogens with zero attached hydrogens (tertiary/aromatic N) is 2. The lowest BCUT2D eigenvalue weighted by molar-refractivity contribution is 0.116. The Balaban J connectivity index is 2.30. The van der Waals surface area contributed by atoms with Gasteiger partial charge in [-0.25, -0.2) is 0 Å². The molecular weight excluding hydrogens is 216 g/mol. The summed E-state index contributed by atoms with van der Waals surface area (Å²) >= 11 is 5.56. The molecule has 1 aromatic heterocycles. The Bertz CT molecular complexity index is 289. The molecule has 4 nitrogen and oxygen atoms in total. The highest BCUT2D eigenvalue weighted by molar-refractivity contribution is 6.17. The van der Waals surface area contributed by atoms with Gasteiger partial charge in [-0.2, -0.15) is 0 Å². The van der Waals surface area contributed by atoms with Crippen LogP contribution in [0.5, 0.6) is 5.88 Å². The Morgan fingerprint density at radius 2 is 2.27 bits per heavy atom. The maximum atomic E-state index is 5.56. The van der Waals surface area contributed by atoms with Crippen LogP contribution in [0.25, 0.3) is 0 Å². The van der Waals surface area contributed by atoms with Crippen molar-refractivity contribution in [2.75, 3.05) is 19.6 Å². The molecule has 1 heterocycles. The molecule has 0 aromatic carbocycles. The number of alkyl halides is 1. The van der Waals surface area contributed by atoms with Crippen molar-refractivity contribution in [2.24, 2.45) is 7.05 Å². The van der Waals surface area contributed by atoms with E-state index < -0.39 is 0 Å². The highest BCUT2D eigenvalue weighted by Gasteiger charge is 2.07. The molecule has 5 heteroatoms. The lowest BCUT2D eigenvalue weighted by atomic mass is 10.3. The van der Waals surface area contributed by atoms with Gasteiger partial charge in [0.2, 0.25) is 5.88 Å². The molecule has 0 saturated carbocycles. The first kappa shape index (κ1) is 12.3. The SMILES string of the molecule is COc1nn(C)cc1COCCCCCl. The van der Waals surface area contributed by atoms with Crippen molar-refractivity contribution in [3.05, 3.63) is 11.8 Å². The molecular formula is C10H17ClN2O2. The molecule has 0 atom stereocenters. The standard InChI is InChI=1S/C10H17ClN2O2/c1-13-7-9(10(12-13)14-2)8-15-6-4-3-5-11/h7H,3-6,8H2,1-2H3. The summed E-state index contributed by atoms with van der Waals surface area (Å²) in [6, 6.07) is 0. The van der Waals surface area contributed by atoms with Gasteiger partial charge in [0.15, 0.2) is 0 Å². The summed E-state index contributed by atoms with van der Waals surface area (Å²) in [5, 5.41) is 4.14. The molecule has 1 rings (SSSR count). The number of unbranched alkanes of at least 4 members (excludes halogenated alkanes) is 1. The highest BCUT2D eigenvalue weighted by atomic mass is 35.5. The monoisotopic (exact) mass is 232 g/mol. The zero-order valence-electron chi connectivity index (χ0n) is 9.20. The number of aromatic nitrogens is 2. The van der Waals surface area contributed by atoms with Gasteiger partial charge >= 0.3 is 0 Å². The molecule has 1 aromatic rings. The molecule has 0 aliphatic heterocycles. The Morgan fingerprint density at radius 1 is 1.47 bits per heavy atom. The predicted molar refractivity (Wildman–Crippen MR) is 59.4 cm³/mol. The van der Waals surface area contributed by atoms with Crippen LogP contribution in [0.15, 0.2) is 6.20 Å². The van der Waals surface area contributed by atoms with Crippen molar-refractivity contribution >= 4 is 11.6 Å². The van der Waals surface area contributed by atoms with Gasteiger partial charge in [-0.15, -0.1) is 16.7 Å². The van der Waals surface area contributed by atoms with Crippen molar-refractivity contribution < 1.29 is 9.47 Å². The number of hydrogen-bond donors (Lipinski definition) is 0. The van der Waals surface area contributed by atoms with E-state index in [1.165, 1.54) is 0 Å². The minimum absolute atomic E-state index is 0.541. The van der Waals surface area contributed by atoms with E-state index in [4.69, 9.17) is 21.1 Å². The Kier molecular flexibility index (Phi) is 5.50. The minimum Gasteiger partial charge on any atom is -0.480 e. The molecule has 15 heavy (non-hydrogen) atoms. The maximum Gasteiger partial charge on any atom is 0.238 e. The van der Waals surface area contributed by atoms with Crippen LogP contribution in [-0.4, -0.2) is 29.4 Å².